The number of hydrogen-bond donors (Lipinski definition) is 1. The largest absolute Gasteiger partial charge is 0.469 e. The van der Waals surface area contributed by atoms with Gasteiger partial charge in [-0.15, -0.1) is 0 Å². The number of halogens is 3. The number of esters is 1. The smallest absolute Gasteiger partial charge is 0.416 e. The maximum atomic E-state index is 12.4. The van der Waals surface area contributed by atoms with E-state index in [1.54, 1.807) is 12.1 Å². The lowest BCUT2D eigenvalue weighted by molar-refractivity contribution is -0.147. The monoisotopic (exact) mass is 341 g/mol. The fraction of sp³-hybridized carbons (Fsp3) is 0.250. The van der Waals surface area contributed by atoms with Crippen LogP contribution in [0.5, 0.6) is 0 Å². The van der Waals surface area contributed by atoms with Gasteiger partial charge in [-0.05, 0) is 36.4 Å². The second-order valence-electron chi connectivity index (χ2n) is 4.86. The molecule has 0 aliphatic carbocycles. The SMILES string of the molecule is O=C(COC(=O)CCc1ccco1)Nc1ccc(C(F)(F)F)cc1. The first kappa shape index (κ1) is 17.6. The molecule has 128 valence electrons. The summed E-state index contributed by atoms with van der Waals surface area (Å²) in [5.74, 6) is -0.587. The highest BCUT2D eigenvalue weighted by Gasteiger charge is 2.29. The lowest BCUT2D eigenvalue weighted by Gasteiger charge is -2.09. The van der Waals surface area contributed by atoms with Crippen molar-refractivity contribution in [2.45, 2.75) is 19.0 Å². The van der Waals surface area contributed by atoms with Crippen molar-refractivity contribution in [3.05, 3.63) is 54.0 Å². The molecule has 0 radical (unpaired) electrons. The molecular weight excluding hydrogens is 327 g/mol. The van der Waals surface area contributed by atoms with Gasteiger partial charge in [-0.3, -0.25) is 9.59 Å². The summed E-state index contributed by atoms with van der Waals surface area (Å²) in [7, 11) is 0. The number of rotatable bonds is 6. The number of furan rings is 1. The number of alkyl halides is 3. The Morgan fingerprint density at radius 1 is 1.12 bits per heavy atom. The zero-order valence-corrected chi connectivity index (χ0v) is 12.4. The van der Waals surface area contributed by atoms with Crippen LogP contribution in [-0.2, 0) is 26.9 Å². The summed E-state index contributed by atoms with van der Waals surface area (Å²) in [6, 6.07) is 7.36. The lowest BCUT2D eigenvalue weighted by atomic mass is 10.2. The summed E-state index contributed by atoms with van der Waals surface area (Å²) in [5.41, 5.74) is -0.635. The molecule has 0 saturated heterocycles. The van der Waals surface area contributed by atoms with Gasteiger partial charge >= 0.3 is 12.1 Å². The average Bonchev–Trinajstić information content (AvgIpc) is 3.04. The van der Waals surface area contributed by atoms with Crippen LogP contribution < -0.4 is 5.32 Å². The van der Waals surface area contributed by atoms with Crippen molar-refractivity contribution in [2.24, 2.45) is 0 Å². The molecule has 0 unspecified atom stereocenters. The molecular formula is C16H14F3NO4. The van der Waals surface area contributed by atoms with E-state index in [0.717, 1.165) is 24.3 Å². The second-order valence-corrected chi connectivity index (χ2v) is 4.86. The normalized spacial score (nSPS) is 11.1. The van der Waals surface area contributed by atoms with Gasteiger partial charge in [0.15, 0.2) is 6.61 Å². The first-order valence-electron chi connectivity index (χ1n) is 7.00. The first-order chi connectivity index (χ1) is 11.3. The van der Waals surface area contributed by atoms with Gasteiger partial charge in [-0.2, -0.15) is 13.2 Å². The van der Waals surface area contributed by atoms with Crippen LogP contribution in [0.3, 0.4) is 0 Å². The maximum Gasteiger partial charge on any atom is 0.416 e. The summed E-state index contributed by atoms with van der Waals surface area (Å²) in [6.45, 7) is -0.516. The van der Waals surface area contributed by atoms with Gasteiger partial charge in [0.05, 0.1) is 18.2 Å². The van der Waals surface area contributed by atoms with E-state index in [-0.39, 0.29) is 12.1 Å². The van der Waals surface area contributed by atoms with Gasteiger partial charge in [0.25, 0.3) is 5.91 Å². The van der Waals surface area contributed by atoms with Crippen LogP contribution in [0.15, 0.2) is 47.1 Å². The molecule has 5 nitrogen and oxygen atoms in total. The molecule has 0 aliphatic rings. The van der Waals surface area contributed by atoms with Crippen LogP contribution in [0.4, 0.5) is 18.9 Å². The number of carbonyl (C=O) groups excluding carboxylic acids is 2. The van der Waals surface area contributed by atoms with Crippen LogP contribution in [0.1, 0.15) is 17.7 Å². The van der Waals surface area contributed by atoms with E-state index < -0.39 is 30.2 Å². The average molecular weight is 341 g/mol. The Bertz CT molecular complexity index is 678. The van der Waals surface area contributed by atoms with Crippen LogP contribution in [0, 0.1) is 0 Å². The lowest BCUT2D eigenvalue weighted by Crippen LogP contribution is -2.21. The number of nitrogens with one attached hydrogen (secondary N) is 1. The van der Waals surface area contributed by atoms with Crippen molar-refractivity contribution in [1.82, 2.24) is 0 Å². The molecule has 8 heteroatoms. The Hall–Kier alpha value is -2.77. The minimum atomic E-state index is -4.44. The van der Waals surface area contributed by atoms with E-state index in [1.807, 2.05) is 0 Å². The summed E-state index contributed by atoms with van der Waals surface area (Å²) < 4.78 is 47.1. The van der Waals surface area contributed by atoms with E-state index in [1.165, 1.54) is 6.26 Å². The minimum Gasteiger partial charge on any atom is -0.469 e. The Morgan fingerprint density at radius 2 is 1.83 bits per heavy atom. The Labute approximate surface area is 135 Å². The van der Waals surface area contributed by atoms with E-state index in [4.69, 9.17) is 9.15 Å². The standard InChI is InChI=1S/C16H14F3NO4/c17-16(18,19)11-3-5-12(6-4-11)20-14(21)10-24-15(22)8-7-13-2-1-9-23-13/h1-6,9H,7-8,10H2,(H,20,21). The molecule has 0 saturated carbocycles. The number of amides is 1. The van der Waals surface area contributed by atoms with Crippen molar-refractivity contribution in [3.8, 4) is 0 Å². The molecule has 2 rings (SSSR count). The zero-order valence-electron chi connectivity index (χ0n) is 12.4. The highest BCUT2D eigenvalue weighted by Crippen LogP contribution is 2.29. The van der Waals surface area contributed by atoms with Crippen LogP contribution >= 0.6 is 0 Å². The molecule has 1 aromatic heterocycles. The topological polar surface area (TPSA) is 68.5 Å². The molecule has 1 aromatic carbocycles. The third-order valence-electron chi connectivity index (χ3n) is 3.02. The van der Waals surface area contributed by atoms with Gasteiger partial charge in [0, 0.05) is 12.1 Å². The first-order valence-corrected chi connectivity index (χ1v) is 7.00. The Balaban J connectivity index is 1.73. The van der Waals surface area contributed by atoms with Crippen LogP contribution in [0.25, 0.3) is 0 Å². The summed E-state index contributed by atoms with van der Waals surface area (Å²) in [4.78, 5) is 23.1. The van der Waals surface area contributed by atoms with E-state index in [9.17, 15) is 22.8 Å². The van der Waals surface area contributed by atoms with Gasteiger partial charge in [0.2, 0.25) is 0 Å². The summed E-state index contributed by atoms with van der Waals surface area (Å²) >= 11 is 0. The molecule has 1 amide bonds. The molecule has 2 aromatic rings. The van der Waals surface area contributed by atoms with Gasteiger partial charge in [0.1, 0.15) is 5.76 Å². The maximum absolute atomic E-state index is 12.4. The van der Waals surface area contributed by atoms with Gasteiger partial charge in [-0.25, -0.2) is 0 Å². The van der Waals surface area contributed by atoms with E-state index in [2.05, 4.69) is 5.32 Å². The zero-order chi connectivity index (χ0) is 17.6. The molecule has 24 heavy (non-hydrogen) atoms. The van der Waals surface area contributed by atoms with E-state index >= 15 is 0 Å². The number of benzene rings is 1. The fourth-order valence-electron chi connectivity index (χ4n) is 1.84. The summed E-state index contributed by atoms with van der Waals surface area (Å²) in [5, 5.41) is 2.34. The third kappa shape index (κ3) is 5.45. The number of hydrogen-bond acceptors (Lipinski definition) is 4. The number of aryl methyl sites for hydroxylation is 1. The van der Waals surface area contributed by atoms with Crippen molar-refractivity contribution >= 4 is 17.6 Å². The van der Waals surface area contributed by atoms with Crippen molar-refractivity contribution in [1.29, 1.82) is 0 Å². The Morgan fingerprint density at radius 3 is 2.42 bits per heavy atom. The third-order valence-corrected chi connectivity index (χ3v) is 3.02. The molecule has 0 spiro atoms. The Kier molecular flexibility index (Phi) is 5.62. The van der Waals surface area contributed by atoms with Crippen LogP contribution in [0.2, 0.25) is 0 Å². The summed E-state index contributed by atoms with van der Waals surface area (Å²) in [6.07, 6.45) is -2.54. The van der Waals surface area contributed by atoms with Crippen molar-refractivity contribution in [3.63, 3.8) is 0 Å². The van der Waals surface area contributed by atoms with Gasteiger partial charge < -0.3 is 14.5 Å². The van der Waals surface area contributed by atoms with Gasteiger partial charge in [-0.1, -0.05) is 0 Å². The van der Waals surface area contributed by atoms with E-state index in [0.29, 0.717) is 12.2 Å². The van der Waals surface area contributed by atoms with Crippen LogP contribution in [-0.4, -0.2) is 18.5 Å². The molecule has 0 atom stereocenters. The molecule has 1 heterocycles. The predicted molar refractivity (Wildman–Crippen MR) is 78.1 cm³/mol. The molecule has 0 fully saturated rings. The number of carbonyl (C=O) groups is 2. The van der Waals surface area contributed by atoms with Crippen molar-refractivity contribution < 1.29 is 31.9 Å². The molecule has 0 bridgehead atoms. The second kappa shape index (κ2) is 7.67. The minimum absolute atomic E-state index is 0.0566. The highest BCUT2D eigenvalue weighted by atomic mass is 19.4. The molecule has 0 aliphatic heterocycles. The predicted octanol–water partition coefficient (Wildman–Crippen LogP) is 3.41. The quantitative estimate of drug-likeness (QED) is 0.818. The highest BCUT2D eigenvalue weighted by molar-refractivity contribution is 5.92. The fourth-order valence-corrected chi connectivity index (χ4v) is 1.84. The number of anilines is 1. The van der Waals surface area contributed by atoms with Crippen molar-refractivity contribution in [2.75, 3.05) is 11.9 Å². The molecule has 1 N–H and O–H groups in total. The number of ether oxygens (including phenoxy) is 1.